The number of hydrogen-bond donors (Lipinski definition) is 4. The molecule has 1 amide bonds. The monoisotopic (exact) mass is 980 g/mol. The van der Waals surface area contributed by atoms with Crippen LogP contribution in [0.15, 0.2) is 60.7 Å². The molecule has 69 heavy (non-hydrogen) atoms. The fourth-order valence-corrected chi connectivity index (χ4v) is 10.3. The Labute approximate surface area is 404 Å². The summed E-state index contributed by atoms with van der Waals surface area (Å²) in [5, 5.41) is 22.1. The number of nitrogens with zero attached hydrogens (tertiary/aromatic N) is 7. The van der Waals surface area contributed by atoms with Gasteiger partial charge in [-0.25, -0.2) is 40.6 Å². The number of aryl methyl sites for hydroxylation is 4. The Morgan fingerprint density at radius 1 is 0.652 bits per heavy atom. The molecule has 4 N–H and O–H groups in total. The normalized spacial score (nSPS) is 18.5. The number of carbonyl (C=O) groups excluding carboxylic acids is 1. The third-order valence-electron chi connectivity index (χ3n) is 13.1. The van der Waals surface area contributed by atoms with Crippen LogP contribution in [0, 0.1) is 13.8 Å². The number of piperidine rings is 2. The van der Waals surface area contributed by atoms with Gasteiger partial charge >= 0.3 is 5.97 Å². The zero-order valence-electron chi connectivity index (χ0n) is 40.3. The number of aromatic nitrogens is 6. The Hall–Kier alpha value is -5.92. The van der Waals surface area contributed by atoms with Gasteiger partial charge in [-0.1, -0.05) is 32.4 Å². The van der Waals surface area contributed by atoms with Crippen LogP contribution in [0.1, 0.15) is 168 Å². The third-order valence-corrected chi connectivity index (χ3v) is 14.3. The molecule has 4 aliphatic rings. The first kappa shape index (κ1) is 49.5. The number of anilines is 2. The Kier molecular flexibility index (Phi) is 14.8. The van der Waals surface area contributed by atoms with Crippen molar-refractivity contribution in [2.24, 2.45) is 0 Å². The van der Waals surface area contributed by atoms with E-state index in [0.29, 0.717) is 42.1 Å². The molecule has 2 atom stereocenters. The molecule has 19 heteroatoms. The van der Waals surface area contributed by atoms with E-state index in [-0.39, 0.29) is 23.2 Å². The minimum absolute atomic E-state index is 0.0372. The van der Waals surface area contributed by atoms with Gasteiger partial charge in [-0.3, -0.25) is 14.2 Å². The summed E-state index contributed by atoms with van der Waals surface area (Å²) in [6.07, 6.45) is 15.0. The molecule has 2 aromatic carbocycles. The molecule has 2 saturated heterocycles. The standard InChI is InChI=1S/C25H31N5O3S.C15H20N4.C10H13NO4S/c1-4-17-8-11-20(28-34(3,32)33)19(14-17)25(31)29-12-6-5-7-23(29)22-15-24-26-21(18-9-10-18)13-16(2)30(24)27-22;1-10-8-13(11-5-6-11)17-15-9-14(18-19(10)15)12-4-2-3-7-16-12;1-3-7-4-5-9(11-16(2,14)15)8(6-7)10(12)13/h8,11,13-15,18,23,28H,4-7,9-10,12H2,1-3H3;8-9,11-12,16H,2-7H2,1H3;4-6,11H,3H2,1-2H3,(H,12,13)/t23-;12-;/m00./s1. The second-order valence-electron chi connectivity index (χ2n) is 18.9. The van der Waals surface area contributed by atoms with E-state index < -0.39 is 26.0 Å². The first-order valence-electron chi connectivity index (χ1n) is 24.1. The highest BCUT2D eigenvalue weighted by Gasteiger charge is 2.33. The number of benzene rings is 2. The molecule has 6 aromatic rings. The van der Waals surface area contributed by atoms with Crippen LogP contribution in [0.5, 0.6) is 0 Å². The van der Waals surface area contributed by atoms with E-state index >= 15 is 0 Å². The van der Waals surface area contributed by atoms with Crippen LogP contribution < -0.4 is 14.8 Å². The van der Waals surface area contributed by atoms with Crippen molar-refractivity contribution in [2.75, 3.05) is 35.0 Å². The highest BCUT2D eigenvalue weighted by molar-refractivity contribution is 7.92. The maximum Gasteiger partial charge on any atom is 0.337 e. The van der Waals surface area contributed by atoms with Gasteiger partial charge in [0.25, 0.3) is 5.91 Å². The number of amides is 1. The molecule has 0 unspecified atom stereocenters. The summed E-state index contributed by atoms with van der Waals surface area (Å²) in [7, 11) is -6.99. The lowest BCUT2D eigenvalue weighted by molar-refractivity contribution is 0.0606. The molecule has 368 valence electrons. The average Bonchev–Trinajstić information content (AvgIpc) is 4.26. The fraction of sp³-hybridized carbons (Fsp3) is 0.480. The van der Waals surface area contributed by atoms with Gasteiger partial charge in [-0.05, 0) is 139 Å². The lowest BCUT2D eigenvalue weighted by atomic mass is 9.97. The average molecular weight is 981 g/mol. The topological polar surface area (TPSA) is 222 Å². The van der Waals surface area contributed by atoms with Crippen LogP contribution in [0.4, 0.5) is 11.4 Å². The highest BCUT2D eigenvalue weighted by Crippen LogP contribution is 2.41. The minimum Gasteiger partial charge on any atom is -0.478 e. The largest absolute Gasteiger partial charge is 0.478 e. The van der Waals surface area contributed by atoms with Gasteiger partial charge in [-0.15, -0.1) is 0 Å². The summed E-state index contributed by atoms with van der Waals surface area (Å²) in [6, 6.07) is 18.7. The summed E-state index contributed by atoms with van der Waals surface area (Å²) in [5.41, 5.74) is 11.0. The third kappa shape index (κ3) is 12.3. The van der Waals surface area contributed by atoms with Crippen molar-refractivity contribution in [3.63, 3.8) is 0 Å². The number of carboxylic acids is 1. The molecular formula is C50H64N10O7S2. The number of nitrogens with one attached hydrogen (secondary N) is 3. The van der Waals surface area contributed by atoms with Gasteiger partial charge < -0.3 is 15.3 Å². The lowest BCUT2D eigenvalue weighted by Gasteiger charge is -2.35. The molecule has 4 aromatic heterocycles. The quantitative estimate of drug-likeness (QED) is 0.0910. The van der Waals surface area contributed by atoms with Crippen molar-refractivity contribution in [1.82, 2.24) is 39.4 Å². The van der Waals surface area contributed by atoms with Crippen LogP contribution in [-0.2, 0) is 32.9 Å². The smallest absolute Gasteiger partial charge is 0.337 e. The number of carbonyl (C=O) groups is 2. The number of likely N-dealkylation sites (tertiary alicyclic amines) is 1. The van der Waals surface area contributed by atoms with Crippen LogP contribution in [-0.4, -0.2) is 93.5 Å². The van der Waals surface area contributed by atoms with Crippen LogP contribution in [0.25, 0.3) is 11.3 Å². The minimum atomic E-state index is -3.52. The summed E-state index contributed by atoms with van der Waals surface area (Å²) < 4.78 is 54.5. The number of fused-ring (bicyclic) bond motifs is 2. The van der Waals surface area contributed by atoms with E-state index in [4.69, 9.17) is 25.3 Å². The molecule has 2 aliphatic carbocycles. The molecule has 0 spiro atoms. The Balaban J connectivity index is 0.000000154. The number of aromatic carboxylic acids is 1. The van der Waals surface area contributed by atoms with Crippen LogP contribution in [0.2, 0.25) is 0 Å². The lowest BCUT2D eigenvalue weighted by Crippen LogP contribution is -2.39. The summed E-state index contributed by atoms with van der Waals surface area (Å²) in [5.74, 6) is -0.0655. The zero-order valence-corrected chi connectivity index (χ0v) is 42.0. The molecule has 10 rings (SSSR count). The molecule has 2 aliphatic heterocycles. The first-order chi connectivity index (χ1) is 32.9. The van der Waals surface area contributed by atoms with E-state index in [1.54, 1.807) is 18.2 Å². The summed E-state index contributed by atoms with van der Waals surface area (Å²) >= 11 is 0. The zero-order chi connectivity index (χ0) is 49.2. The number of sulfonamides is 2. The van der Waals surface area contributed by atoms with Crippen LogP contribution in [0.3, 0.4) is 0 Å². The van der Waals surface area contributed by atoms with Gasteiger partial charge in [0.15, 0.2) is 11.3 Å². The number of rotatable bonds is 12. The van der Waals surface area contributed by atoms with E-state index in [0.717, 1.165) is 89.9 Å². The molecule has 0 radical (unpaired) electrons. The van der Waals surface area contributed by atoms with Crippen molar-refractivity contribution >= 4 is 54.6 Å². The van der Waals surface area contributed by atoms with Crippen molar-refractivity contribution in [3.8, 4) is 0 Å². The molecule has 6 heterocycles. The molecule has 2 saturated carbocycles. The predicted molar refractivity (Wildman–Crippen MR) is 267 cm³/mol. The van der Waals surface area contributed by atoms with Gasteiger partial charge in [0, 0.05) is 53.3 Å². The molecule has 17 nitrogen and oxygen atoms in total. The molecule has 4 fully saturated rings. The van der Waals surface area contributed by atoms with E-state index in [1.807, 2.05) is 46.8 Å². The maximum atomic E-state index is 13.8. The second-order valence-corrected chi connectivity index (χ2v) is 22.4. The summed E-state index contributed by atoms with van der Waals surface area (Å²) in [4.78, 5) is 36.3. The second kappa shape index (κ2) is 20.6. The van der Waals surface area contributed by atoms with E-state index in [9.17, 15) is 26.4 Å². The van der Waals surface area contributed by atoms with Gasteiger partial charge in [-0.2, -0.15) is 10.2 Å². The Bertz CT molecular complexity index is 3100. The Morgan fingerprint density at radius 3 is 1.65 bits per heavy atom. The van der Waals surface area contributed by atoms with Gasteiger partial charge in [0.1, 0.15) is 0 Å². The predicted octanol–water partition coefficient (Wildman–Crippen LogP) is 8.26. The van der Waals surface area contributed by atoms with Gasteiger partial charge in [0.05, 0.1) is 58.5 Å². The molecular weight excluding hydrogens is 917 g/mol. The van der Waals surface area contributed by atoms with Crippen LogP contribution >= 0.6 is 0 Å². The molecule has 0 bridgehead atoms. The van der Waals surface area contributed by atoms with Crippen molar-refractivity contribution in [3.05, 3.63) is 117 Å². The maximum absolute atomic E-state index is 13.8. The van der Waals surface area contributed by atoms with Crippen molar-refractivity contribution < 1.29 is 31.5 Å². The SMILES string of the molecule is CCc1ccc(NS(C)(=O)=O)c(C(=O)N2CCCC[C@H]2c2cc3nc(C4CC4)cc(C)n3n2)c1.CCc1ccc(NS(C)(=O)=O)c(C(=O)O)c1.Cc1cc(C2CC2)nc2cc([C@@H]3CCCCN3)nn12. The number of carboxylic acid groups (broad SMARTS) is 1. The summed E-state index contributed by atoms with van der Waals surface area (Å²) in [6.45, 7) is 9.79. The first-order valence-corrected chi connectivity index (χ1v) is 27.9. The van der Waals surface area contributed by atoms with Crippen molar-refractivity contribution in [1.29, 1.82) is 0 Å². The van der Waals surface area contributed by atoms with E-state index in [2.05, 4.69) is 39.9 Å². The highest BCUT2D eigenvalue weighted by atomic mass is 32.2. The fourth-order valence-electron chi connectivity index (χ4n) is 9.14. The number of hydrogen-bond acceptors (Lipinski definition) is 11. The van der Waals surface area contributed by atoms with Gasteiger partial charge in [0.2, 0.25) is 20.0 Å². The van der Waals surface area contributed by atoms with E-state index in [1.165, 1.54) is 68.5 Å². The Morgan fingerprint density at radius 2 is 1.16 bits per heavy atom. The van der Waals surface area contributed by atoms with Crippen molar-refractivity contribution in [2.45, 2.75) is 129 Å².